The zero-order valence-corrected chi connectivity index (χ0v) is 18.0. The lowest BCUT2D eigenvalue weighted by Gasteiger charge is -2.58. The molecule has 2 aliphatic heterocycles. The zero-order chi connectivity index (χ0) is 21.0. The summed E-state index contributed by atoms with van der Waals surface area (Å²) in [6.07, 6.45) is 0.625. The van der Waals surface area contributed by atoms with Crippen LogP contribution in [-0.4, -0.2) is 73.4 Å². The highest BCUT2D eigenvalue weighted by atomic mass is 19.1. The molecule has 0 radical (unpaired) electrons. The van der Waals surface area contributed by atoms with E-state index >= 15 is 0 Å². The molecule has 1 amide bonds. The molecule has 0 aromatic carbocycles. The molecule has 162 valence electrons. The summed E-state index contributed by atoms with van der Waals surface area (Å²) in [6, 6.07) is 0. The monoisotopic (exact) mass is 403 g/mol. The minimum atomic E-state index is -1.17. The molecule has 5 unspecified atom stereocenters. The first-order valence-corrected chi connectivity index (χ1v) is 9.98. The molecule has 0 N–H and O–H groups in total. The number of nitrogens with zero attached hydrogens (tertiary/aromatic N) is 1. The number of hydrogen-bond acceptors (Lipinski definition) is 6. The highest BCUT2D eigenvalue weighted by Crippen LogP contribution is 2.57. The van der Waals surface area contributed by atoms with Gasteiger partial charge in [-0.15, -0.1) is 0 Å². The molecule has 3 rings (SSSR count). The van der Waals surface area contributed by atoms with E-state index < -0.39 is 47.7 Å². The number of hydrogen-bond donors (Lipinski definition) is 0. The Morgan fingerprint density at radius 2 is 1.71 bits per heavy atom. The van der Waals surface area contributed by atoms with Crippen LogP contribution in [0.5, 0.6) is 0 Å². The van der Waals surface area contributed by atoms with Crippen molar-refractivity contribution in [3.05, 3.63) is 0 Å². The van der Waals surface area contributed by atoms with E-state index in [0.717, 1.165) is 12.8 Å². The van der Waals surface area contributed by atoms with E-state index in [9.17, 15) is 9.18 Å². The van der Waals surface area contributed by atoms with Gasteiger partial charge in [0.1, 0.15) is 11.7 Å². The molecule has 8 heteroatoms. The maximum Gasteiger partial charge on any atom is 0.410 e. The van der Waals surface area contributed by atoms with Gasteiger partial charge in [-0.2, -0.15) is 0 Å². The molecular formula is C20H34FNO6. The van der Waals surface area contributed by atoms with Crippen LogP contribution in [0, 0.1) is 5.92 Å². The fraction of sp³-hybridized carbons (Fsp3) is 0.950. The second-order valence-corrected chi connectivity index (χ2v) is 9.32. The second-order valence-electron chi connectivity index (χ2n) is 9.32. The van der Waals surface area contributed by atoms with Gasteiger partial charge in [-0.25, -0.2) is 4.79 Å². The van der Waals surface area contributed by atoms with Crippen molar-refractivity contribution in [2.75, 3.05) is 27.4 Å². The molecule has 1 aliphatic carbocycles. The standard InChI is InChI=1S/C20H34FNO6/c1-17(2,3)28-16(23)22-12-14-15(13(8-11-21)20(22)9-10-20)27-19(5,25-7)18(4,24-6)26-14/h13-15H,8-12H2,1-7H3. The first kappa shape index (κ1) is 21.7. The molecule has 0 aromatic rings. The van der Waals surface area contributed by atoms with Crippen LogP contribution in [0.15, 0.2) is 0 Å². The molecule has 5 atom stereocenters. The van der Waals surface area contributed by atoms with E-state index in [-0.39, 0.29) is 12.3 Å². The fourth-order valence-electron chi connectivity index (χ4n) is 4.62. The Morgan fingerprint density at radius 1 is 1.14 bits per heavy atom. The molecule has 1 spiro atoms. The molecule has 1 saturated carbocycles. The van der Waals surface area contributed by atoms with Crippen molar-refractivity contribution < 1.29 is 32.9 Å². The predicted octanol–water partition coefficient (Wildman–Crippen LogP) is 3.25. The van der Waals surface area contributed by atoms with Gasteiger partial charge in [0.15, 0.2) is 0 Å². The Morgan fingerprint density at radius 3 is 2.18 bits per heavy atom. The summed E-state index contributed by atoms with van der Waals surface area (Å²) in [5.41, 5.74) is -1.06. The SMILES string of the molecule is COC1(C)OC2CN(C(=O)OC(C)(C)C)C3(CC3)C(CCF)C2OC1(C)OC. The summed E-state index contributed by atoms with van der Waals surface area (Å²) in [5, 5.41) is 0. The smallest absolute Gasteiger partial charge is 0.410 e. The number of rotatable bonds is 4. The number of ether oxygens (including phenoxy) is 5. The lowest BCUT2D eigenvalue weighted by Crippen LogP contribution is -2.73. The number of carbonyl (C=O) groups excluding carboxylic acids is 1. The van der Waals surface area contributed by atoms with Crippen LogP contribution in [0.3, 0.4) is 0 Å². The van der Waals surface area contributed by atoms with Gasteiger partial charge in [0.2, 0.25) is 11.6 Å². The van der Waals surface area contributed by atoms with E-state index in [1.165, 1.54) is 14.2 Å². The highest BCUT2D eigenvalue weighted by Gasteiger charge is 2.68. The van der Waals surface area contributed by atoms with Crippen molar-refractivity contribution in [3.63, 3.8) is 0 Å². The minimum Gasteiger partial charge on any atom is -0.444 e. The third-order valence-electron chi connectivity index (χ3n) is 6.49. The summed E-state index contributed by atoms with van der Waals surface area (Å²) in [6.45, 7) is 8.83. The average molecular weight is 403 g/mol. The number of carbonyl (C=O) groups is 1. The van der Waals surface area contributed by atoms with Gasteiger partial charge in [0.25, 0.3) is 0 Å². The van der Waals surface area contributed by atoms with Gasteiger partial charge in [-0.05, 0) is 53.9 Å². The van der Waals surface area contributed by atoms with Gasteiger partial charge >= 0.3 is 6.09 Å². The quantitative estimate of drug-likeness (QED) is 0.718. The maximum absolute atomic E-state index is 13.5. The molecule has 0 bridgehead atoms. The lowest BCUT2D eigenvalue weighted by atomic mass is 9.79. The second kappa shape index (κ2) is 7.07. The Labute approximate surface area is 166 Å². The van der Waals surface area contributed by atoms with Crippen LogP contribution in [-0.2, 0) is 23.7 Å². The number of alkyl halides is 1. The summed E-state index contributed by atoms with van der Waals surface area (Å²) < 4.78 is 43.0. The molecule has 7 nitrogen and oxygen atoms in total. The number of fused-ring (bicyclic) bond motifs is 1. The third-order valence-corrected chi connectivity index (χ3v) is 6.49. The van der Waals surface area contributed by atoms with E-state index in [4.69, 9.17) is 23.7 Å². The summed E-state index contributed by atoms with van der Waals surface area (Å²) >= 11 is 0. The van der Waals surface area contributed by atoms with Crippen LogP contribution in [0.25, 0.3) is 0 Å². The van der Waals surface area contributed by atoms with Gasteiger partial charge in [-0.1, -0.05) is 0 Å². The van der Waals surface area contributed by atoms with Gasteiger partial charge in [0, 0.05) is 20.1 Å². The molecule has 3 fully saturated rings. The van der Waals surface area contributed by atoms with Crippen LogP contribution in [0.1, 0.15) is 53.9 Å². The highest BCUT2D eigenvalue weighted by molar-refractivity contribution is 5.70. The Balaban J connectivity index is 1.94. The van der Waals surface area contributed by atoms with Crippen LogP contribution in [0.2, 0.25) is 0 Å². The van der Waals surface area contributed by atoms with E-state index in [2.05, 4.69) is 0 Å². The van der Waals surface area contributed by atoms with Crippen LogP contribution >= 0.6 is 0 Å². The van der Waals surface area contributed by atoms with Crippen LogP contribution < -0.4 is 0 Å². The van der Waals surface area contributed by atoms with E-state index in [0.29, 0.717) is 6.54 Å². The summed E-state index contributed by atoms with van der Waals surface area (Å²) in [4.78, 5) is 14.7. The Kier molecular flexibility index (Phi) is 5.49. The minimum absolute atomic E-state index is 0.209. The van der Waals surface area contributed by atoms with E-state index in [1.54, 1.807) is 18.7 Å². The fourth-order valence-corrected chi connectivity index (χ4v) is 4.62. The van der Waals surface area contributed by atoms with E-state index in [1.807, 2.05) is 20.8 Å². The average Bonchev–Trinajstić information content (AvgIpc) is 3.39. The summed E-state index contributed by atoms with van der Waals surface area (Å²) in [7, 11) is 3.06. The van der Waals surface area contributed by atoms with Crippen molar-refractivity contribution in [2.24, 2.45) is 5.92 Å². The molecule has 0 aromatic heterocycles. The number of piperidine rings is 1. The Bertz CT molecular complexity index is 606. The van der Waals surface area contributed by atoms with Gasteiger partial charge < -0.3 is 23.7 Å². The van der Waals surface area contributed by atoms with Crippen molar-refractivity contribution in [1.29, 1.82) is 0 Å². The largest absolute Gasteiger partial charge is 0.444 e. The molecule has 28 heavy (non-hydrogen) atoms. The Hall–Kier alpha value is -0.960. The number of methoxy groups -OCH3 is 2. The van der Waals surface area contributed by atoms with Gasteiger partial charge in [-0.3, -0.25) is 9.29 Å². The van der Waals surface area contributed by atoms with Crippen LogP contribution in [0.4, 0.5) is 9.18 Å². The normalized spacial score (nSPS) is 39.6. The topological polar surface area (TPSA) is 66.5 Å². The molecular weight excluding hydrogens is 369 g/mol. The molecule has 2 saturated heterocycles. The van der Waals surface area contributed by atoms with Gasteiger partial charge in [0.05, 0.1) is 24.9 Å². The molecule has 3 aliphatic rings. The first-order chi connectivity index (χ1) is 13.0. The summed E-state index contributed by atoms with van der Waals surface area (Å²) in [5.74, 6) is -2.53. The predicted molar refractivity (Wildman–Crippen MR) is 99.6 cm³/mol. The first-order valence-electron chi connectivity index (χ1n) is 9.98. The van der Waals surface area contributed by atoms with Crippen molar-refractivity contribution in [3.8, 4) is 0 Å². The van der Waals surface area contributed by atoms with Crippen molar-refractivity contribution >= 4 is 6.09 Å². The van der Waals surface area contributed by atoms with Crippen molar-refractivity contribution in [1.82, 2.24) is 4.90 Å². The number of likely N-dealkylation sites (tertiary alicyclic amines) is 1. The van der Waals surface area contributed by atoms with Crippen molar-refractivity contribution in [2.45, 2.75) is 88.8 Å². The zero-order valence-electron chi connectivity index (χ0n) is 18.0. The number of halogens is 1. The molecule has 2 heterocycles. The maximum atomic E-state index is 13.5. The third kappa shape index (κ3) is 3.42. The number of amides is 1. The lowest BCUT2D eigenvalue weighted by molar-refractivity contribution is -0.458.